The molecule has 1 aliphatic heterocycles. The van der Waals surface area contributed by atoms with E-state index in [1.54, 1.807) is 6.07 Å². The summed E-state index contributed by atoms with van der Waals surface area (Å²) in [7, 11) is 0. The molecule has 1 fully saturated rings. The molecule has 0 radical (unpaired) electrons. The molecule has 0 amide bonds. The van der Waals surface area contributed by atoms with E-state index in [2.05, 4.69) is 21.4 Å². The number of nitrogens with one attached hydrogen (secondary N) is 1. The highest BCUT2D eigenvalue weighted by atomic mass is 79.9. The second-order valence-electron chi connectivity index (χ2n) is 4.20. The lowest BCUT2D eigenvalue weighted by atomic mass is 10.0. The number of halogens is 2. The fourth-order valence-corrected chi connectivity index (χ4v) is 2.47. The lowest BCUT2D eigenvalue weighted by Crippen LogP contribution is -2.50. The smallest absolute Gasteiger partial charge is 0.124 e. The summed E-state index contributed by atoms with van der Waals surface area (Å²) in [5.41, 5.74) is 3.72. The molecule has 1 saturated heterocycles. The number of hydrazine groups is 1. The number of ether oxygens (including phenoxy) is 2. The standard InChI is InChI=1S/C12H16BrFN2O2/c13-10-6-9(14)2-1-8(10)5-11(16-15)12-7-17-3-4-18-12/h1-2,6,11-12,16H,3-5,7,15H2. The number of rotatable bonds is 4. The molecule has 6 heteroatoms. The zero-order valence-electron chi connectivity index (χ0n) is 9.86. The first-order chi connectivity index (χ1) is 8.70. The van der Waals surface area contributed by atoms with Gasteiger partial charge in [0.25, 0.3) is 0 Å². The van der Waals surface area contributed by atoms with Crippen molar-refractivity contribution < 1.29 is 13.9 Å². The maximum Gasteiger partial charge on any atom is 0.124 e. The van der Waals surface area contributed by atoms with Crippen LogP contribution >= 0.6 is 15.9 Å². The van der Waals surface area contributed by atoms with Gasteiger partial charge >= 0.3 is 0 Å². The van der Waals surface area contributed by atoms with Gasteiger partial charge in [0.05, 0.1) is 32.0 Å². The predicted octanol–water partition coefficient (Wildman–Crippen LogP) is 1.38. The third-order valence-corrected chi connectivity index (χ3v) is 3.70. The molecule has 2 rings (SSSR count). The summed E-state index contributed by atoms with van der Waals surface area (Å²) in [6.07, 6.45) is 0.562. The highest BCUT2D eigenvalue weighted by molar-refractivity contribution is 9.10. The number of benzene rings is 1. The summed E-state index contributed by atoms with van der Waals surface area (Å²) >= 11 is 3.35. The largest absolute Gasteiger partial charge is 0.376 e. The maximum atomic E-state index is 13.0. The molecule has 0 saturated carbocycles. The van der Waals surface area contributed by atoms with Crippen molar-refractivity contribution in [2.24, 2.45) is 5.84 Å². The molecule has 2 atom stereocenters. The fourth-order valence-electron chi connectivity index (χ4n) is 1.96. The van der Waals surface area contributed by atoms with Gasteiger partial charge in [-0.3, -0.25) is 11.3 Å². The van der Waals surface area contributed by atoms with Crippen LogP contribution in [0.2, 0.25) is 0 Å². The van der Waals surface area contributed by atoms with Gasteiger partial charge in [0.15, 0.2) is 0 Å². The fraction of sp³-hybridized carbons (Fsp3) is 0.500. The van der Waals surface area contributed by atoms with E-state index in [9.17, 15) is 4.39 Å². The van der Waals surface area contributed by atoms with E-state index >= 15 is 0 Å². The first kappa shape index (κ1) is 13.9. The van der Waals surface area contributed by atoms with E-state index < -0.39 is 0 Å². The Balaban J connectivity index is 2.04. The molecule has 1 aromatic rings. The van der Waals surface area contributed by atoms with Crippen LogP contribution in [-0.4, -0.2) is 32.0 Å². The molecule has 0 spiro atoms. The summed E-state index contributed by atoms with van der Waals surface area (Å²) in [4.78, 5) is 0. The Morgan fingerprint density at radius 2 is 2.33 bits per heavy atom. The summed E-state index contributed by atoms with van der Waals surface area (Å²) in [6.45, 7) is 1.72. The van der Waals surface area contributed by atoms with E-state index in [-0.39, 0.29) is 18.0 Å². The molecular formula is C12H16BrFN2O2. The van der Waals surface area contributed by atoms with Crippen molar-refractivity contribution in [1.29, 1.82) is 0 Å². The summed E-state index contributed by atoms with van der Waals surface area (Å²) in [5.74, 6) is 5.29. The maximum absolute atomic E-state index is 13.0. The third kappa shape index (κ3) is 3.49. The minimum Gasteiger partial charge on any atom is -0.376 e. The quantitative estimate of drug-likeness (QED) is 0.650. The minimum absolute atomic E-state index is 0.0629. The second kappa shape index (κ2) is 6.58. The molecule has 100 valence electrons. The van der Waals surface area contributed by atoms with Gasteiger partial charge in [-0.15, -0.1) is 0 Å². The van der Waals surface area contributed by atoms with Crippen LogP contribution in [0.5, 0.6) is 0 Å². The zero-order valence-corrected chi connectivity index (χ0v) is 11.5. The molecule has 0 aliphatic carbocycles. The SMILES string of the molecule is NNC(Cc1ccc(F)cc1Br)C1COCCO1. The molecule has 2 unspecified atom stereocenters. The molecule has 1 aliphatic rings. The van der Waals surface area contributed by atoms with Gasteiger partial charge in [-0.1, -0.05) is 22.0 Å². The Hall–Kier alpha value is -0.530. The van der Waals surface area contributed by atoms with Gasteiger partial charge < -0.3 is 9.47 Å². The van der Waals surface area contributed by atoms with E-state index in [0.717, 1.165) is 10.0 Å². The average molecular weight is 319 g/mol. The van der Waals surface area contributed by atoms with Crippen molar-refractivity contribution in [1.82, 2.24) is 5.43 Å². The molecule has 18 heavy (non-hydrogen) atoms. The number of nitrogens with two attached hydrogens (primary N) is 1. The van der Waals surface area contributed by atoms with Gasteiger partial charge in [0, 0.05) is 4.47 Å². The molecule has 1 heterocycles. The van der Waals surface area contributed by atoms with E-state index in [0.29, 0.717) is 26.2 Å². The normalized spacial score (nSPS) is 21.8. The summed E-state index contributed by atoms with van der Waals surface area (Å²) in [5, 5.41) is 0. The topological polar surface area (TPSA) is 56.5 Å². The lowest BCUT2D eigenvalue weighted by Gasteiger charge is -2.30. The molecule has 1 aromatic carbocycles. The van der Waals surface area contributed by atoms with Crippen LogP contribution in [-0.2, 0) is 15.9 Å². The third-order valence-electron chi connectivity index (χ3n) is 2.96. The average Bonchev–Trinajstić information content (AvgIpc) is 2.39. The van der Waals surface area contributed by atoms with Crippen LogP contribution in [0, 0.1) is 5.82 Å². The van der Waals surface area contributed by atoms with Gasteiger partial charge in [-0.2, -0.15) is 0 Å². The van der Waals surface area contributed by atoms with Gasteiger partial charge in [0.2, 0.25) is 0 Å². The van der Waals surface area contributed by atoms with Gasteiger partial charge in [-0.25, -0.2) is 4.39 Å². The number of hydrogen-bond donors (Lipinski definition) is 2. The monoisotopic (exact) mass is 318 g/mol. The molecule has 0 bridgehead atoms. The van der Waals surface area contributed by atoms with Crippen LogP contribution in [0.25, 0.3) is 0 Å². The van der Waals surface area contributed by atoms with Gasteiger partial charge in [-0.05, 0) is 24.1 Å². The molecule has 4 nitrogen and oxygen atoms in total. The Morgan fingerprint density at radius 3 is 2.94 bits per heavy atom. The van der Waals surface area contributed by atoms with Crippen molar-refractivity contribution in [2.45, 2.75) is 18.6 Å². The highest BCUT2D eigenvalue weighted by Crippen LogP contribution is 2.21. The first-order valence-electron chi connectivity index (χ1n) is 5.80. The zero-order chi connectivity index (χ0) is 13.0. The van der Waals surface area contributed by atoms with Crippen molar-refractivity contribution in [3.8, 4) is 0 Å². The minimum atomic E-state index is -0.264. The van der Waals surface area contributed by atoms with Crippen LogP contribution in [0.3, 0.4) is 0 Å². The molecular weight excluding hydrogens is 303 g/mol. The Labute approximate surface area is 114 Å². The van der Waals surface area contributed by atoms with Crippen molar-refractivity contribution >= 4 is 15.9 Å². The molecule has 3 N–H and O–H groups in total. The predicted molar refractivity (Wildman–Crippen MR) is 69.5 cm³/mol. The van der Waals surface area contributed by atoms with Crippen LogP contribution < -0.4 is 11.3 Å². The van der Waals surface area contributed by atoms with E-state index in [1.165, 1.54) is 12.1 Å². The Bertz CT molecular complexity index is 400. The highest BCUT2D eigenvalue weighted by Gasteiger charge is 2.25. The van der Waals surface area contributed by atoms with E-state index in [4.69, 9.17) is 15.3 Å². The summed E-state index contributed by atoms with van der Waals surface area (Å²) in [6, 6.07) is 4.56. The van der Waals surface area contributed by atoms with Crippen molar-refractivity contribution in [2.75, 3.05) is 19.8 Å². The molecule has 0 aromatic heterocycles. The van der Waals surface area contributed by atoms with Crippen LogP contribution in [0.15, 0.2) is 22.7 Å². The van der Waals surface area contributed by atoms with Crippen LogP contribution in [0.4, 0.5) is 4.39 Å². The first-order valence-corrected chi connectivity index (χ1v) is 6.59. The number of hydrogen-bond acceptors (Lipinski definition) is 4. The van der Waals surface area contributed by atoms with Crippen molar-refractivity contribution in [3.63, 3.8) is 0 Å². The van der Waals surface area contributed by atoms with E-state index in [1.807, 2.05) is 0 Å². The van der Waals surface area contributed by atoms with Crippen molar-refractivity contribution in [3.05, 3.63) is 34.1 Å². The Kier molecular flexibility index (Phi) is 5.08. The Morgan fingerprint density at radius 1 is 1.50 bits per heavy atom. The van der Waals surface area contributed by atoms with Crippen LogP contribution in [0.1, 0.15) is 5.56 Å². The lowest BCUT2D eigenvalue weighted by molar-refractivity contribution is -0.101. The second-order valence-corrected chi connectivity index (χ2v) is 5.05. The van der Waals surface area contributed by atoms with Gasteiger partial charge in [0.1, 0.15) is 5.82 Å². The summed E-state index contributed by atoms with van der Waals surface area (Å²) < 4.78 is 24.7.